The van der Waals surface area contributed by atoms with Crippen LogP contribution in [0.15, 0.2) is 0 Å². The Bertz CT molecular complexity index is 288. The van der Waals surface area contributed by atoms with Gasteiger partial charge in [0.25, 0.3) is 0 Å². The van der Waals surface area contributed by atoms with Crippen LogP contribution < -0.4 is 0 Å². The molecule has 0 saturated heterocycles. The molecule has 1 rings (SSSR count). The Kier molecular flexibility index (Phi) is 5.12. The maximum absolute atomic E-state index is 11.8. The highest BCUT2D eigenvalue weighted by Crippen LogP contribution is 2.33. The van der Waals surface area contributed by atoms with Crippen molar-refractivity contribution in [2.75, 3.05) is 13.2 Å². The predicted octanol–water partition coefficient (Wildman–Crippen LogP) is 1.10. The second-order valence-electron chi connectivity index (χ2n) is 4.05. The Morgan fingerprint density at radius 3 is 1.88 bits per heavy atom. The van der Waals surface area contributed by atoms with Crippen molar-refractivity contribution in [3.05, 3.63) is 0 Å². The van der Waals surface area contributed by atoms with E-state index in [4.69, 9.17) is 9.47 Å². The molecule has 1 aliphatic rings. The molecule has 0 radical (unpaired) electrons. The first-order chi connectivity index (χ1) is 8.10. The van der Waals surface area contributed by atoms with Crippen LogP contribution in [0.3, 0.4) is 0 Å². The molecule has 0 unspecified atom stereocenters. The van der Waals surface area contributed by atoms with Crippen molar-refractivity contribution in [1.82, 2.24) is 0 Å². The van der Waals surface area contributed by atoms with Gasteiger partial charge in [-0.15, -0.1) is 0 Å². The molecule has 1 aliphatic carbocycles. The van der Waals surface area contributed by atoms with Crippen LogP contribution in [-0.2, 0) is 23.9 Å². The molecule has 1 saturated carbocycles. The number of ether oxygens (including phenoxy) is 2. The Morgan fingerprint density at radius 2 is 1.53 bits per heavy atom. The summed E-state index contributed by atoms with van der Waals surface area (Å²) in [6.45, 7) is 3.55. The minimum absolute atomic E-state index is 0.144. The number of carbonyl (C=O) groups is 3. The van der Waals surface area contributed by atoms with Crippen LogP contribution in [-0.4, -0.2) is 30.9 Å². The smallest absolute Gasteiger partial charge is 0.328 e. The molecule has 0 bridgehead atoms. The average molecular weight is 242 g/mol. The monoisotopic (exact) mass is 242 g/mol. The summed E-state index contributed by atoms with van der Waals surface area (Å²) in [5.74, 6) is -3.04. The van der Waals surface area contributed by atoms with Gasteiger partial charge in [-0.2, -0.15) is 0 Å². The van der Waals surface area contributed by atoms with Crippen LogP contribution in [0.2, 0.25) is 0 Å². The highest BCUT2D eigenvalue weighted by atomic mass is 16.6. The Balaban J connectivity index is 2.65. The minimum Gasteiger partial charge on any atom is -0.465 e. The number of hydrogen-bond acceptors (Lipinski definition) is 5. The lowest BCUT2D eigenvalue weighted by molar-refractivity contribution is -0.164. The fourth-order valence-electron chi connectivity index (χ4n) is 1.53. The van der Waals surface area contributed by atoms with Gasteiger partial charge >= 0.3 is 11.9 Å². The third-order valence-corrected chi connectivity index (χ3v) is 2.55. The lowest BCUT2D eigenvalue weighted by atomic mass is 10.00. The molecule has 0 atom stereocenters. The van der Waals surface area contributed by atoms with Gasteiger partial charge in [0, 0.05) is 6.42 Å². The summed E-state index contributed by atoms with van der Waals surface area (Å²) in [6.07, 6.45) is 2.25. The SMILES string of the molecule is CCOC(=O)C(C(=O)CC1CC1)C(=O)OCC. The molecule has 0 N–H and O–H groups in total. The molecular formula is C12H18O5. The van der Waals surface area contributed by atoms with E-state index in [-0.39, 0.29) is 25.4 Å². The largest absolute Gasteiger partial charge is 0.465 e. The summed E-state index contributed by atoms with van der Waals surface area (Å²) in [5.41, 5.74) is 0. The van der Waals surface area contributed by atoms with Crippen molar-refractivity contribution in [2.24, 2.45) is 11.8 Å². The fraction of sp³-hybridized carbons (Fsp3) is 0.750. The lowest BCUT2D eigenvalue weighted by Crippen LogP contribution is -2.35. The van der Waals surface area contributed by atoms with Crippen molar-refractivity contribution in [2.45, 2.75) is 33.1 Å². The van der Waals surface area contributed by atoms with Gasteiger partial charge in [-0.25, -0.2) is 0 Å². The van der Waals surface area contributed by atoms with Crippen LogP contribution >= 0.6 is 0 Å². The van der Waals surface area contributed by atoms with E-state index >= 15 is 0 Å². The quantitative estimate of drug-likeness (QED) is 0.494. The number of rotatable bonds is 7. The van der Waals surface area contributed by atoms with Crippen LogP contribution in [0.1, 0.15) is 33.1 Å². The lowest BCUT2D eigenvalue weighted by Gasteiger charge is -2.12. The van der Waals surface area contributed by atoms with Crippen LogP contribution in [0.5, 0.6) is 0 Å². The number of Topliss-reactive ketones (excluding diaryl/α,β-unsaturated/α-hetero) is 1. The van der Waals surface area contributed by atoms with Gasteiger partial charge in [0.2, 0.25) is 5.92 Å². The molecule has 0 aromatic heterocycles. The minimum atomic E-state index is -1.39. The van der Waals surface area contributed by atoms with Gasteiger partial charge in [-0.05, 0) is 32.6 Å². The molecular weight excluding hydrogens is 224 g/mol. The van der Waals surface area contributed by atoms with E-state index < -0.39 is 17.9 Å². The van der Waals surface area contributed by atoms with E-state index in [2.05, 4.69) is 0 Å². The van der Waals surface area contributed by atoms with Gasteiger partial charge in [0.15, 0.2) is 5.78 Å². The highest BCUT2D eigenvalue weighted by molar-refractivity contribution is 6.15. The molecule has 5 heteroatoms. The Labute approximate surface area is 100 Å². The Morgan fingerprint density at radius 1 is 1.06 bits per heavy atom. The molecule has 1 fully saturated rings. The number of ketones is 1. The average Bonchev–Trinajstić information content (AvgIpc) is 3.02. The van der Waals surface area contributed by atoms with Crippen molar-refractivity contribution in [3.63, 3.8) is 0 Å². The number of hydrogen-bond donors (Lipinski definition) is 0. The summed E-state index contributed by atoms with van der Waals surface area (Å²) in [4.78, 5) is 34.9. The van der Waals surface area contributed by atoms with Crippen LogP contribution in [0.25, 0.3) is 0 Å². The van der Waals surface area contributed by atoms with Crippen molar-refractivity contribution in [1.29, 1.82) is 0 Å². The molecule has 5 nitrogen and oxygen atoms in total. The summed E-state index contributed by atoms with van der Waals surface area (Å²) in [7, 11) is 0. The van der Waals surface area contributed by atoms with E-state index in [1.807, 2.05) is 0 Å². The first kappa shape index (κ1) is 13.7. The van der Waals surface area contributed by atoms with Gasteiger partial charge < -0.3 is 9.47 Å². The standard InChI is InChI=1S/C12H18O5/c1-3-16-11(14)10(12(15)17-4-2)9(13)7-8-5-6-8/h8,10H,3-7H2,1-2H3. The highest BCUT2D eigenvalue weighted by Gasteiger charge is 2.39. The van der Waals surface area contributed by atoms with E-state index in [1.54, 1.807) is 13.8 Å². The molecule has 0 amide bonds. The third-order valence-electron chi connectivity index (χ3n) is 2.55. The molecule has 17 heavy (non-hydrogen) atoms. The van der Waals surface area contributed by atoms with Crippen LogP contribution in [0.4, 0.5) is 0 Å². The van der Waals surface area contributed by atoms with Gasteiger partial charge in [0.05, 0.1) is 13.2 Å². The summed E-state index contributed by atoms with van der Waals surface area (Å²) in [6, 6.07) is 0. The van der Waals surface area contributed by atoms with Crippen LogP contribution in [0, 0.1) is 11.8 Å². The second-order valence-corrected chi connectivity index (χ2v) is 4.05. The summed E-state index contributed by atoms with van der Waals surface area (Å²) in [5, 5.41) is 0. The normalized spacial score (nSPS) is 14.5. The number of esters is 2. The number of carbonyl (C=O) groups excluding carboxylic acids is 3. The predicted molar refractivity (Wildman–Crippen MR) is 59.1 cm³/mol. The van der Waals surface area contributed by atoms with E-state index in [9.17, 15) is 14.4 Å². The fourth-order valence-corrected chi connectivity index (χ4v) is 1.53. The third kappa shape index (κ3) is 4.17. The van der Waals surface area contributed by atoms with Crippen molar-refractivity contribution >= 4 is 17.7 Å². The molecule has 0 aliphatic heterocycles. The summed E-state index contributed by atoms with van der Waals surface area (Å²) >= 11 is 0. The topological polar surface area (TPSA) is 69.7 Å². The zero-order valence-electron chi connectivity index (χ0n) is 10.2. The second kappa shape index (κ2) is 6.37. The van der Waals surface area contributed by atoms with Gasteiger partial charge in [-0.1, -0.05) is 0 Å². The first-order valence-corrected chi connectivity index (χ1v) is 5.96. The molecule has 96 valence electrons. The van der Waals surface area contributed by atoms with Gasteiger partial charge in [0.1, 0.15) is 0 Å². The van der Waals surface area contributed by atoms with E-state index in [1.165, 1.54) is 0 Å². The summed E-state index contributed by atoms with van der Waals surface area (Å²) < 4.78 is 9.47. The van der Waals surface area contributed by atoms with Gasteiger partial charge in [-0.3, -0.25) is 14.4 Å². The molecule has 0 heterocycles. The maximum Gasteiger partial charge on any atom is 0.328 e. The molecule has 0 spiro atoms. The van der Waals surface area contributed by atoms with Crippen molar-refractivity contribution < 1.29 is 23.9 Å². The Hall–Kier alpha value is -1.39. The van der Waals surface area contributed by atoms with E-state index in [0.29, 0.717) is 5.92 Å². The first-order valence-electron chi connectivity index (χ1n) is 5.96. The molecule has 0 aromatic carbocycles. The molecule has 0 aromatic rings. The zero-order chi connectivity index (χ0) is 12.8. The zero-order valence-corrected chi connectivity index (χ0v) is 10.2. The van der Waals surface area contributed by atoms with E-state index in [0.717, 1.165) is 12.8 Å². The van der Waals surface area contributed by atoms with Crippen molar-refractivity contribution in [3.8, 4) is 0 Å². The maximum atomic E-state index is 11.8.